The lowest BCUT2D eigenvalue weighted by molar-refractivity contribution is 0.415. The summed E-state index contributed by atoms with van der Waals surface area (Å²) in [6.45, 7) is 0.740. The summed E-state index contributed by atoms with van der Waals surface area (Å²) in [5, 5.41) is 4.03. The highest BCUT2D eigenvalue weighted by Crippen LogP contribution is 2.25. The van der Waals surface area contributed by atoms with Crippen molar-refractivity contribution in [1.29, 1.82) is 0 Å². The van der Waals surface area contributed by atoms with Crippen molar-refractivity contribution < 1.29 is 4.74 Å². The van der Waals surface area contributed by atoms with Crippen molar-refractivity contribution in [3.63, 3.8) is 0 Å². The first-order valence-electron chi connectivity index (χ1n) is 5.51. The second-order valence-corrected chi connectivity index (χ2v) is 5.37. The first-order chi connectivity index (χ1) is 8.70. The molecule has 0 saturated carbocycles. The second-order valence-electron chi connectivity index (χ2n) is 3.80. The molecule has 18 heavy (non-hydrogen) atoms. The van der Waals surface area contributed by atoms with E-state index in [4.69, 9.17) is 16.3 Å². The number of benzene rings is 2. The molecule has 2 rings (SSSR count). The Morgan fingerprint density at radius 1 is 1.22 bits per heavy atom. The largest absolute Gasteiger partial charge is 0.495 e. The van der Waals surface area contributed by atoms with Crippen molar-refractivity contribution in [2.24, 2.45) is 0 Å². The van der Waals surface area contributed by atoms with Crippen LogP contribution in [0.5, 0.6) is 5.75 Å². The minimum absolute atomic E-state index is 0.638. The highest BCUT2D eigenvalue weighted by molar-refractivity contribution is 14.1. The molecule has 0 aliphatic rings. The molecule has 94 valence electrons. The normalized spacial score (nSPS) is 10.2. The number of anilines is 1. The van der Waals surface area contributed by atoms with E-state index in [0.29, 0.717) is 10.8 Å². The highest BCUT2D eigenvalue weighted by atomic mass is 127. The van der Waals surface area contributed by atoms with E-state index < -0.39 is 0 Å². The van der Waals surface area contributed by atoms with Crippen molar-refractivity contribution in [2.75, 3.05) is 12.4 Å². The summed E-state index contributed by atoms with van der Waals surface area (Å²) in [5.41, 5.74) is 2.26. The number of halogens is 2. The fourth-order valence-electron chi connectivity index (χ4n) is 1.62. The van der Waals surface area contributed by atoms with E-state index in [1.807, 2.05) is 30.3 Å². The lowest BCUT2D eigenvalue weighted by Gasteiger charge is -2.10. The van der Waals surface area contributed by atoms with Crippen LogP contribution in [0, 0.1) is 3.57 Å². The van der Waals surface area contributed by atoms with Crippen molar-refractivity contribution in [1.82, 2.24) is 0 Å². The molecule has 2 aromatic carbocycles. The van der Waals surface area contributed by atoms with E-state index in [1.54, 1.807) is 7.11 Å². The van der Waals surface area contributed by atoms with Gasteiger partial charge in [-0.25, -0.2) is 0 Å². The molecule has 1 N–H and O–H groups in total. The molecule has 0 unspecified atom stereocenters. The van der Waals surface area contributed by atoms with E-state index in [-0.39, 0.29) is 0 Å². The van der Waals surface area contributed by atoms with E-state index in [9.17, 15) is 0 Å². The van der Waals surface area contributed by atoms with Crippen LogP contribution in [-0.2, 0) is 6.54 Å². The molecule has 0 aliphatic carbocycles. The third-order valence-corrected chi connectivity index (χ3v) is 3.81. The Balaban J connectivity index is 2.07. The second kappa shape index (κ2) is 6.29. The summed E-state index contributed by atoms with van der Waals surface area (Å²) in [4.78, 5) is 0. The zero-order valence-corrected chi connectivity index (χ0v) is 12.8. The van der Waals surface area contributed by atoms with E-state index in [0.717, 1.165) is 17.8 Å². The van der Waals surface area contributed by atoms with E-state index in [1.165, 1.54) is 3.57 Å². The summed E-state index contributed by atoms with van der Waals surface area (Å²) < 4.78 is 6.33. The predicted molar refractivity (Wildman–Crippen MR) is 84.5 cm³/mol. The summed E-state index contributed by atoms with van der Waals surface area (Å²) in [6, 6.07) is 14.0. The number of rotatable bonds is 4. The minimum atomic E-state index is 0.638. The van der Waals surface area contributed by atoms with Crippen LogP contribution in [-0.4, -0.2) is 7.11 Å². The summed E-state index contributed by atoms with van der Waals surface area (Å²) >= 11 is 8.40. The van der Waals surface area contributed by atoms with Crippen LogP contribution in [0.25, 0.3) is 0 Å². The zero-order valence-electron chi connectivity index (χ0n) is 9.91. The van der Waals surface area contributed by atoms with Crippen LogP contribution in [0.4, 0.5) is 5.69 Å². The summed E-state index contributed by atoms with van der Waals surface area (Å²) in [7, 11) is 1.62. The molecular formula is C14H13ClINO. The van der Waals surface area contributed by atoms with Gasteiger partial charge in [-0.2, -0.15) is 0 Å². The Kier molecular flexibility index (Phi) is 4.72. The SMILES string of the molecule is COc1ccc(CNc2ccccc2I)cc1Cl. The third kappa shape index (κ3) is 3.29. The van der Waals surface area contributed by atoms with Gasteiger partial charge in [-0.1, -0.05) is 29.8 Å². The van der Waals surface area contributed by atoms with Gasteiger partial charge in [0.1, 0.15) is 5.75 Å². The molecule has 0 amide bonds. The molecule has 2 nitrogen and oxygen atoms in total. The van der Waals surface area contributed by atoms with Crippen molar-refractivity contribution in [3.05, 3.63) is 56.6 Å². The van der Waals surface area contributed by atoms with Gasteiger partial charge in [0.05, 0.1) is 12.1 Å². The van der Waals surface area contributed by atoms with Crippen molar-refractivity contribution in [3.8, 4) is 5.75 Å². The predicted octanol–water partition coefficient (Wildman–Crippen LogP) is 4.57. The van der Waals surface area contributed by atoms with Gasteiger partial charge in [0, 0.05) is 15.8 Å². The van der Waals surface area contributed by atoms with Crippen molar-refractivity contribution in [2.45, 2.75) is 6.54 Å². The van der Waals surface area contributed by atoms with Gasteiger partial charge in [0.25, 0.3) is 0 Å². The van der Waals surface area contributed by atoms with Gasteiger partial charge in [-0.3, -0.25) is 0 Å². The van der Waals surface area contributed by atoms with Crippen molar-refractivity contribution >= 4 is 39.9 Å². The molecule has 4 heteroatoms. The summed E-state index contributed by atoms with van der Waals surface area (Å²) in [5.74, 6) is 0.703. The van der Waals surface area contributed by atoms with Gasteiger partial charge in [0.2, 0.25) is 0 Å². The van der Waals surface area contributed by atoms with Crippen LogP contribution in [0.15, 0.2) is 42.5 Å². The van der Waals surface area contributed by atoms with Crippen LogP contribution in [0.3, 0.4) is 0 Å². The van der Waals surface area contributed by atoms with Gasteiger partial charge < -0.3 is 10.1 Å². The first-order valence-corrected chi connectivity index (χ1v) is 6.97. The van der Waals surface area contributed by atoms with Gasteiger partial charge in [-0.15, -0.1) is 0 Å². The fourth-order valence-corrected chi connectivity index (χ4v) is 2.48. The molecule has 0 fully saturated rings. The number of hydrogen-bond donors (Lipinski definition) is 1. The van der Waals surface area contributed by atoms with Gasteiger partial charge >= 0.3 is 0 Å². The number of methoxy groups -OCH3 is 1. The molecule has 0 heterocycles. The Morgan fingerprint density at radius 2 is 2.00 bits per heavy atom. The van der Waals surface area contributed by atoms with Gasteiger partial charge in [0.15, 0.2) is 0 Å². The monoisotopic (exact) mass is 373 g/mol. The topological polar surface area (TPSA) is 21.3 Å². The van der Waals surface area contributed by atoms with Crippen LogP contribution >= 0.6 is 34.2 Å². The lowest BCUT2D eigenvalue weighted by Crippen LogP contribution is -2.01. The Labute approximate surface area is 125 Å². The minimum Gasteiger partial charge on any atom is -0.495 e. The molecular weight excluding hydrogens is 361 g/mol. The average Bonchev–Trinajstić information content (AvgIpc) is 2.38. The molecule has 0 aliphatic heterocycles. The number of hydrogen-bond acceptors (Lipinski definition) is 2. The van der Waals surface area contributed by atoms with Crippen LogP contribution in [0.2, 0.25) is 5.02 Å². The molecule has 0 bridgehead atoms. The maximum absolute atomic E-state index is 6.09. The number of ether oxygens (including phenoxy) is 1. The lowest BCUT2D eigenvalue weighted by atomic mass is 10.2. The first kappa shape index (κ1) is 13.5. The smallest absolute Gasteiger partial charge is 0.137 e. The molecule has 0 atom stereocenters. The zero-order chi connectivity index (χ0) is 13.0. The quantitative estimate of drug-likeness (QED) is 0.793. The maximum Gasteiger partial charge on any atom is 0.137 e. The summed E-state index contributed by atoms with van der Waals surface area (Å²) in [6.07, 6.45) is 0. The average molecular weight is 374 g/mol. The molecule has 0 aromatic heterocycles. The Hall–Kier alpha value is -0.940. The maximum atomic E-state index is 6.09. The molecule has 0 spiro atoms. The van der Waals surface area contributed by atoms with Crippen LogP contribution < -0.4 is 10.1 Å². The molecule has 0 radical (unpaired) electrons. The molecule has 2 aromatic rings. The van der Waals surface area contributed by atoms with Crippen LogP contribution in [0.1, 0.15) is 5.56 Å². The Bertz CT molecular complexity index is 545. The fraction of sp³-hybridized carbons (Fsp3) is 0.143. The van der Waals surface area contributed by atoms with E-state index >= 15 is 0 Å². The van der Waals surface area contributed by atoms with Gasteiger partial charge in [-0.05, 0) is 52.4 Å². The number of para-hydroxylation sites is 1. The molecule has 0 saturated heterocycles. The highest BCUT2D eigenvalue weighted by Gasteiger charge is 2.02. The number of nitrogens with one attached hydrogen (secondary N) is 1. The third-order valence-electron chi connectivity index (χ3n) is 2.57. The standard InChI is InChI=1S/C14H13ClINO/c1-18-14-7-6-10(8-11(14)15)9-17-13-5-3-2-4-12(13)16/h2-8,17H,9H2,1H3. The van der Waals surface area contributed by atoms with E-state index in [2.05, 4.69) is 40.0 Å². The Morgan fingerprint density at radius 3 is 2.67 bits per heavy atom.